The summed E-state index contributed by atoms with van der Waals surface area (Å²) >= 11 is 0. The first kappa shape index (κ1) is 11.3. The number of guanidine groups is 1. The Kier molecular flexibility index (Phi) is 4.16. The van der Waals surface area contributed by atoms with Gasteiger partial charge in [-0.2, -0.15) is 0 Å². The van der Waals surface area contributed by atoms with E-state index in [-0.39, 0.29) is 0 Å². The lowest BCUT2D eigenvalue weighted by molar-refractivity contribution is 0.356. The third kappa shape index (κ3) is 3.16. The molecule has 5 heteroatoms. The molecule has 1 saturated carbocycles. The van der Waals surface area contributed by atoms with E-state index in [1.165, 1.54) is 17.9 Å². The minimum absolute atomic E-state index is 0.352. The van der Waals surface area contributed by atoms with Gasteiger partial charge >= 0.3 is 0 Å². The highest BCUT2D eigenvalue weighted by molar-refractivity contribution is 5.77. The minimum Gasteiger partial charge on any atom is -0.369 e. The Morgan fingerprint density at radius 3 is 2.36 bits per heavy atom. The van der Waals surface area contributed by atoms with Gasteiger partial charge in [-0.25, -0.2) is 10.8 Å². The average Bonchev–Trinajstić information content (AvgIpc) is 2.19. The van der Waals surface area contributed by atoms with E-state index < -0.39 is 0 Å². The topological polar surface area (TPSA) is 79.7 Å². The van der Waals surface area contributed by atoms with Crippen molar-refractivity contribution in [3.8, 4) is 0 Å². The van der Waals surface area contributed by atoms with Gasteiger partial charge in [-0.05, 0) is 32.7 Å². The molecule has 1 fully saturated rings. The van der Waals surface area contributed by atoms with Crippen molar-refractivity contribution >= 4 is 5.96 Å². The maximum Gasteiger partial charge on any atom is 0.205 e. The van der Waals surface area contributed by atoms with Crippen LogP contribution in [0.4, 0.5) is 0 Å². The molecule has 0 aromatic heterocycles. The molecule has 0 spiro atoms. The lowest BCUT2D eigenvalue weighted by atomic mass is 9.92. The van der Waals surface area contributed by atoms with Crippen LogP contribution in [0.25, 0.3) is 0 Å². The van der Waals surface area contributed by atoms with E-state index in [0.717, 1.165) is 12.8 Å². The zero-order valence-electron chi connectivity index (χ0n) is 9.03. The zero-order chi connectivity index (χ0) is 10.6. The van der Waals surface area contributed by atoms with Gasteiger partial charge in [0.05, 0.1) is 6.04 Å². The molecule has 5 N–H and O–H groups in total. The van der Waals surface area contributed by atoms with E-state index in [1.807, 2.05) is 7.05 Å². The molecule has 14 heavy (non-hydrogen) atoms. The van der Waals surface area contributed by atoms with Crippen LogP contribution in [0.15, 0.2) is 4.99 Å². The van der Waals surface area contributed by atoms with Gasteiger partial charge in [0.15, 0.2) is 0 Å². The van der Waals surface area contributed by atoms with Crippen molar-refractivity contribution in [3.63, 3.8) is 0 Å². The van der Waals surface area contributed by atoms with Crippen LogP contribution in [-0.2, 0) is 0 Å². The van der Waals surface area contributed by atoms with Crippen LogP contribution in [-0.4, -0.2) is 37.1 Å². The maximum absolute atomic E-state index is 5.65. The van der Waals surface area contributed by atoms with Crippen LogP contribution in [0.1, 0.15) is 25.7 Å². The Hall–Kier alpha value is -0.810. The molecule has 0 radical (unpaired) electrons. The largest absolute Gasteiger partial charge is 0.369 e. The van der Waals surface area contributed by atoms with E-state index >= 15 is 0 Å². The summed E-state index contributed by atoms with van der Waals surface area (Å²) in [6, 6.07) is 1.00. The van der Waals surface area contributed by atoms with Crippen molar-refractivity contribution in [3.05, 3.63) is 0 Å². The van der Waals surface area contributed by atoms with E-state index in [1.54, 1.807) is 7.05 Å². The first-order valence-corrected chi connectivity index (χ1v) is 5.12. The van der Waals surface area contributed by atoms with Gasteiger partial charge in [0.25, 0.3) is 0 Å². The number of hydrazine groups is 1. The first-order valence-electron chi connectivity index (χ1n) is 5.12. The number of hydrogen-bond donors (Lipinski definition) is 3. The number of hydrogen-bond acceptors (Lipinski definition) is 3. The Morgan fingerprint density at radius 2 is 1.93 bits per heavy atom. The van der Waals surface area contributed by atoms with Crippen LogP contribution < -0.4 is 16.9 Å². The predicted molar refractivity (Wildman–Crippen MR) is 58.7 cm³/mol. The Morgan fingerprint density at radius 1 is 1.36 bits per heavy atom. The molecule has 0 aromatic carbocycles. The second-order valence-corrected chi connectivity index (χ2v) is 3.89. The smallest absolute Gasteiger partial charge is 0.205 e. The highest BCUT2D eigenvalue weighted by Gasteiger charge is 2.19. The lowest BCUT2D eigenvalue weighted by Crippen LogP contribution is -2.41. The number of rotatable bonds is 2. The molecule has 0 heterocycles. The van der Waals surface area contributed by atoms with Crippen molar-refractivity contribution in [1.82, 2.24) is 10.3 Å². The fourth-order valence-corrected chi connectivity index (χ4v) is 1.77. The van der Waals surface area contributed by atoms with Crippen molar-refractivity contribution in [2.24, 2.45) is 16.6 Å². The summed E-state index contributed by atoms with van der Waals surface area (Å²) in [6.45, 7) is 0. The summed E-state index contributed by atoms with van der Waals surface area (Å²) in [7, 11) is 3.72. The fourth-order valence-electron chi connectivity index (χ4n) is 1.77. The van der Waals surface area contributed by atoms with Crippen LogP contribution in [0.5, 0.6) is 0 Å². The molecule has 0 aromatic rings. The van der Waals surface area contributed by atoms with Crippen molar-refractivity contribution in [2.75, 3.05) is 14.1 Å². The number of nitrogens with two attached hydrogens (primary N) is 2. The molecule has 0 atom stereocenters. The molecule has 0 amide bonds. The predicted octanol–water partition coefficient (Wildman–Crippen LogP) is -0.363. The molecule has 1 aliphatic carbocycles. The maximum atomic E-state index is 5.65. The normalized spacial score (nSPS) is 28.9. The molecule has 1 rings (SSSR count). The molecule has 5 nitrogen and oxygen atoms in total. The second-order valence-electron chi connectivity index (χ2n) is 3.89. The van der Waals surface area contributed by atoms with Crippen LogP contribution >= 0.6 is 0 Å². The first-order chi connectivity index (χ1) is 6.63. The quantitative estimate of drug-likeness (QED) is 0.245. The van der Waals surface area contributed by atoms with Gasteiger partial charge in [-0.15, -0.1) is 0 Å². The van der Waals surface area contributed by atoms with Crippen molar-refractivity contribution in [2.45, 2.75) is 37.8 Å². The third-order valence-corrected chi connectivity index (χ3v) is 2.78. The van der Waals surface area contributed by atoms with E-state index in [0.29, 0.717) is 18.0 Å². The lowest BCUT2D eigenvalue weighted by Gasteiger charge is -2.26. The summed E-state index contributed by atoms with van der Waals surface area (Å²) in [6.07, 6.45) is 4.54. The standard InChI is InChI=1S/C9H21N5/c1-12-7-3-5-8(6-4-7)13-9(10)14(2)11/h7-8,12H,3-6,11H2,1-2H3,(H2,10,13). The summed E-state index contributed by atoms with van der Waals surface area (Å²) < 4.78 is 0. The Labute approximate surface area is 85.5 Å². The molecule has 1 aliphatic rings. The Bertz CT molecular complexity index is 193. The summed E-state index contributed by atoms with van der Waals surface area (Å²) in [5.41, 5.74) is 5.65. The number of nitrogens with zero attached hydrogens (tertiary/aromatic N) is 2. The van der Waals surface area contributed by atoms with E-state index in [2.05, 4.69) is 10.3 Å². The molecule has 82 valence electrons. The van der Waals surface area contributed by atoms with Gasteiger partial charge in [-0.3, -0.25) is 5.01 Å². The van der Waals surface area contributed by atoms with Crippen LogP contribution in [0.2, 0.25) is 0 Å². The van der Waals surface area contributed by atoms with Gasteiger partial charge in [0, 0.05) is 13.1 Å². The van der Waals surface area contributed by atoms with Crippen LogP contribution in [0.3, 0.4) is 0 Å². The van der Waals surface area contributed by atoms with Gasteiger partial charge < -0.3 is 11.1 Å². The minimum atomic E-state index is 0.352. The highest BCUT2D eigenvalue weighted by atomic mass is 15.4. The van der Waals surface area contributed by atoms with E-state index in [4.69, 9.17) is 11.6 Å². The summed E-state index contributed by atoms with van der Waals surface area (Å²) in [5, 5.41) is 4.65. The summed E-state index contributed by atoms with van der Waals surface area (Å²) in [5.74, 6) is 5.90. The number of aliphatic imine (C=N–C) groups is 1. The number of nitrogens with one attached hydrogen (secondary N) is 1. The third-order valence-electron chi connectivity index (χ3n) is 2.78. The molecular weight excluding hydrogens is 178 g/mol. The molecule has 0 bridgehead atoms. The second kappa shape index (κ2) is 5.17. The monoisotopic (exact) mass is 199 g/mol. The molecule has 0 aliphatic heterocycles. The van der Waals surface area contributed by atoms with Crippen LogP contribution in [0, 0.1) is 0 Å². The highest BCUT2D eigenvalue weighted by Crippen LogP contribution is 2.20. The van der Waals surface area contributed by atoms with Gasteiger partial charge in [0.1, 0.15) is 0 Å². The summed E-state index contributed by atoms with van der Waals surface area (Å²) in [4.78, 5) is 4.37. The average molecular weight is 199 g/mol. The SMILES string of the molecule is CNC1CCC(N=C(N)N(C)N)CC1. The van der Waals surface area contributed by atoms with Gasteiger partial charge in [0.2, 0.25) is 5.96 Å². The molecular formula is C9H21N5. The van der Waals surface area contributed by atoms with E-state index in [9.17, 15) is 0 Å². The Balaban J connectivity index is 2.38. The zero-order valence-corrected chi connectivity index (χ0v) is 9.03. The van der Waals surface area contributed by atoms with Crippen molar-refractivity contribution in [1.29, 1.82) is 0 Å². The fraction of sp³-hybridized carbons (Fsp3) is 0.889. The molecule has 0 saturated heterocycles. The van der Waals surface area contributed by atoms with Crippen molar-refractivity contribution < 1.29 is 0 Å². The molecule has 0 unspecified atom stereocenters. The van der Waals surface area contributed by atoms with Gasteiger partial charge in [-0.1, -0.05) is 0 Å².